The number of thiazole rings is 1. The molecule has 1 N–H and O–H groups in total. The molecule has 2 saturated heterocycles. The average molecular weight is 346 g/mol. The number of piperidine rings is 1. The molecule has 2 fully saturated rings. The van der Waals surface area contributed by atoms with Crippen LogP contribution in [0.25, 0.3) is 10.2 Å². The Kier molecular flexibility index (Phi) is 4.37. The van der Waals surface area contributed by atoms with Gasteiger partial charge in [-0.1, -0.05) is 13.0 Å². The van der Waals surface area contributed by atoms with E-state index in [-0.39, 0.29) is 5.41 Å². The van der Waals surface area contributed by atoms with Gasteiger partial charge in [0.05, 0.1) is 28.8 Å². The van der Waals surface area contributed by atoms with E-state index >= 15 is 0 Å². The number of hydrogen-bond acceptors (Lipinski definition) is 5. The summed E-state index contributed by atoms with van der Waals surface area (Å²) in [5.41, 5.74) is 2.63. The van der Waals surface area contributed by atoms with Gasteiger partial charge in [-0.15, -0.1) is 11.3 Å². The Morgan fingerprint density at radius 3 is 2.79 bits per heavy atom. The molecule has 2 atom stereocenters. The smallest absolute Gasteiger partial charge is 0.106 e. The molecule has 5 heteroatoms. The van der Waals surface area contributed by atoms with Gasteiger partial charge in [0.25, 0.3) is 0 Å². The van der Waals surface area contributed by atoms with Crippen molar-refractivity contribution in [2.24, 2.45) is 5.92 Å². The van der Waals surface area contributed by atoms with Gasteiger partial charge in [-0.05, 0) is 57.1 Å². The number of nitrogens with zero attached hydrogens (tertiary/aromatic N) is 2. The Bertz CT molecular complexity index is 714. The lowest BCUT2D eigenvalue weighted by Crippen LogP contribution is -2.53. The first kappa shape index (κ1) is 16.5. The third kappa shape index (κ3) is 2.99. The van der Waals surface area contributed by atoms with Crippen LogP contribution in [0.4, 0.5) is 0 Å². The third-order valence-corrected chi connectivity index (χ3v) is 6.59. The number of ether oxygens (including phenoxy) is 1. The summed E-state index contributed by atoms with van der Waals surface area (Å²) >= 11 is 1.84. The van der Waals surface area contributed by atoms with E-state index in [9.17, 15) is 0 Å². The van der Waals surface area contributed by atoms with E-state index in [2.05, 4.69) is 49.4 Å². The normalized spacial score (nSPS) is 26.7. The topological polar surface area (TPSA) is 37.4 Å². The Morgan fingerprint density at radius 2 is 2.17 bits per heavy atom. The fraction of sp³-hybridized carbons (Fsp3) is 0.632. The highest BCUT2D eigenvalue weighted by Crippen LogP contribution is 2.38. The second-order valence-corrected chi connectivity index (χ2v) is 8.93. The van der Waals surface area contributed by atoms with Crippen LogP contribution in [0.1, 0.15) is 36.4 Å². The minimum atomic E-state index is 0.0892. The summed E-state index contributed by atoms with van der Waals surface area (Å²) in [6, 6.07) is 7.33. The van der Waals surface area contributed by atoms with Crippen LogP contribution in [-0.2, 0) is 10.2 Å². The molecule has 24 heavy (non-hydrogen) atoms. The largest absolute Gasteiger partial charge is 0.379 e. The zero-order valence-corrected chi connectivity index (χ0v) is 15.7. The van der Waals surface area contributed by atoms with E-state index in [1.165, 1.54) is 28.1 Å². The van der Waals surface area contributed by atoms with Gasteiger partial charge in [-0.2, -0.15) is 0 Å². The number of benzene rings is 1. The lowest BCUT2D eigenvalue weighted by Gasteiger charge is -2.41. The van der Waals surface area contributed by atoms with Crippen molar-refractivity contribution in [2.75, 3.05) is 40.4 Å². The second kappa shape index (κ2) is 6.37. The van der Waals surface area contributed by atoms with Crippen molar-refractivity contribution in [3.05, 3.63) is 28.8 Å². The highest BCUT2D eigenvalue weighted by molar-refractivity contribution is 7.18. The summed E-state index contributed by atoms with van der Waals surface area (Å²) in [5, 5.41) is 4.92. The molecule has 0 saturated carbocycles. The first-order valence-electron chi connectivity index (χ1n) is 8.93. The highest BCUT2D eigenvalue weighted by atomic mass is 32.1. The van der Waals surface area contributed by atoms with Crippen molar-refractivity contribution < 1.29 is 4.74 Å². The van der Waals surface area contributed by atoms with Crippen LogP contribution < -0.4 is 5.32 Å². The van der Waals surface area contributed by atoms with E-state index in [1.807, 2.05) is 11.3 Å². The maximum absolute atomic E-state index is 5.55. The molecule has 1 aromatic carbocycles. The number of hydrogen-bond donors (Lipinski definition) is 1. The van der Waals surface area contributed by atoms with Gasteiger partial charge < -0.3 is 15.0 Å². The Morgan fingerprint density at radius 1 is 1.33 bits per heavy atom. The summed E-state index contributed by atoms with van der Waals surface area (Å²) < 4.78 is 6.84. The maximum Gasteiger partial charge on any atom is 0.106 e. The Hall–Kier alpha value is -1.01. The Labute approximate surface area is 148 Å². The van der Waals surface area contributed by atoms with Crippen LogP contribution in [0.2, 0.25) is 0 Å². The quantitative estimate of drug-likeness (QED) is 0.923. The summed E-state index contributed by atoms with van der Waals surface area (Å²) in [6.45, 7) is 6.03. The number of nitrogens with one attached hydrogen (secondary N) is 1. The number of rotatable bonds is 4. The number of fused-ring (bicyclic) bond motifs is 1. The van der Waals surface area contributed by atoms with Crippen LogP contribution in [-0.4, -0.2) is 50.3 Å². The molecule has 4 rings (SSSR count). The summed E-state index contributed by atoms with van der Waals surface area (Å²) in [4.78, 5) is 7.26. The lowest BCUT2D eigenvalue weighted by atomic mass is 9.86. The molecule has 2 aliphatic rings. The Balaban J connectivity index is 1.61. The molecule has 4 nitrogen and oxygen atoms in total. The first-order chi connectivity index (χ1) is 11.6. The van der Waals surface area contributed by atoms with Gasteiger partial charge in [0, 0.05) is 12.6 Å². The minimum absolute atomic E-state index is 0.0892. The van der Waals surface area contributed by atoms with Crippen LogP contribution >= 0.6 is 11.3 Å². The molecule has 3 heterocycles. The standard InChI is InChI=1S/C19H27N3OS/c1-13-4-6-15(20-9-13)14-5-7-17-16(8-14)21-18(24-17)19(10-22(2)3)11-23-12-19/h5,7-8,13,15,20H,4,6,9-12H2,1-3H3/t13-,15?/m0/s1. The van der Waals surface area contributed by atoms with Crippen molar-refractivity contribution in [2.45, 2.75) is 31.2 Å². The lowest BCUT2D eigenvalue weighted by molar-refractivity contribution is -0.0698. The third-order valence-electron chi connectivity index (χ3n) is 5.30. The highest BCUT2D eigenvalue weighted by Gasteiger charge is 2.43. The predicted molar refractivity (Wildman–Crippen MR) is 99.8 cm³/mol. The fourth-order valence-electron chi connectivity index (χ4n) is 3.91. The van der Waals surface area contributed by atoms with Crippen molar-refractivity contribution in [1.82, 2.24) is 15.2 Å². The van der Waals surface area contributed by atoms with E-state index in [4.69, 9.17) is 9.72 Å². The summed E-state index contributed by atoms with van der Waals surface area (Å²) in [6.07, 6.45) is 2.53. The molecular formula is C19H27N3OS. The average Bonchev–Trinajstić information content (AvgIpc) is 2.94. The molecule has 1 aromatic heterocycles. The van der Waals surface area contributed by atoms with E-state index < -0.39 is 0 Å². The molecule has 2 aromatic rings. The molecule has 2 aliphatic heterocycles. The molecule has 0 aliphatic carbocycles. The van der Waals surface area contributed by atoms with E-state index in [0.29, 0.717) is 6.04 Å². The van der Waals surface area contributed by atoms with Crippen molar-refractivity contribution in [1.29, 1.82) is 0 Å². The van der Waals surface area contributed by atoms with Gasteiger partial charge in [0.1, 0.15) is 5.01 Å². The fourth-order valence-corrected chi connectivity index (χ4v) is 5.00. The monoisotopic (exact) mass is 345 g/mol. The van der Waals surface area contributed by atoms with Crippen LogP contribution in [0.5, 0.6) is 0 Å². The molecule has 0 radical (unpaired) electrons. The molecule has 1 unspecified atom stereocenters. The molecular weight excluding hydrogens is 318 g/mol. The molecule has 0 amide bonds. The van der Waals surface area contributed by atoms with Gasteiger partial charge in [-0.25, -0.2) is 4.98 Å². The first-order valence-corrected chi connectivity index (χ1v) is 9.74. The van der Waals surface area contributed by atoms with Crippen LogP contribution in [0.3, 0.4) is 0 Å². The zero-order chi connectivity index (χ0) is 16.7. The van der Waals surface area contributed by atoms with Gasteiger partial charge in [0.2, 0.25) is 0 Å². The van der Waals surface area contributed by atoms with Gasteiger partial charge in [0.15, 0.2) is 0 Å². The summed E-state index contributed by atoms with van der Waals surface area (Å²) in [7, 11) is 4.25. The van der Waals surface area contributed by atoms with E-state index in [1.54, 1.807) is 0 Å². The van der Waals surface area contributed by atoms with Crippen molar-refractivity contribution >= 4 is 21.6 Å². The van der Waals surface area contributed by atoms with Crippen molar-refractivity contribution in [3.63, 3.8) is 0 Å². The van der Waals surface area contributed by atoms with Crippen molar-refractivity contribution in [3.8, 4) is 0 Å². The zero-order valence-electron chi connectivity index (χ0n) is 14.8. The summed E-state index contributed by atoms with van der Waals surface area (Å²) in [5.74, 6) is 0.792. The molecule has 0 spiro atoms. The SMILES string of the molecule is C[C@H]1CCC(c2ccc3sc(C4(CN(C)C)COC4)nc3c2)NC1. The van der Waals surface area contributed by atoms with Gasteiger partial charge in [-0.3, -0.25) is 0 Å². The van der Waals surface area contributed by atoms with Crippen LogP contribution in [0, 0.1) is 5.92 Å². The molecule has 0 bridgehead atoms. The number of likely N-dealkylation sites (N-methyl/N-ethyl adjacent to an activating group) is 1. The van der Waals surface area contributed by atoms with E-state index in [0.717, 1.165) is 37.7 Å². The minimum Gasteiger partial charge on any atom is -0.379 e. The number of aromatic nitrogens is 1. The molecule has 130 valence electrons. The predicted octanol–water partition coefficient (Wildman–Crippen LogP) is 3.19. The van der Waals surface area contributed by atoms with Gasteiger partial charge >= 0.3 is 0 Å². The van der Waals surface area contributed by atoms with Crippen LogP contribution in [0.15, 0.2) is 18.2 Å². The maximum atomic E-state index is 5.55. The second-order valence-electron chi connectivity index (χ2n) is 7.90.